The van der Waals surface area contributed by atoms with Crippen molar-refractivity contribution < 1.29 is 8.42 Å². The highest BCUT2D eigenvalue weighted by Crippen LogP contribution is 2.58. The van der Waals surface area contributed by atoms with E-state index in [1.807, 2.05) is 21.0 Å². The lowest BCUT2D eigenvalue weighted by atomic mass is 9.53. The van der Waals surface area contributed by atoms with Crippen molar-refractivity contribution in [2.45, 2.75) is 62.8 Å². The van der Waals surface area contributed by atoms with E-state index in [0.717, 1.165) is 42.7 Å². The highest BCUT2D eigenvalue weighted by atomic mass is 32.2. The Labute approximate surface area is 139 Å². The van der Waals surface area contributed by atoms with Crippen LogP contribution >= 0.6 is 0 Å². The number of hydrogen-bond acceptors (Lipinski definition) is 3. The van der Waals surface area contributed by atoms with Gasteiger partial charge in [-0.25, -0.2) is 8.42 Å². The molecule has 1 heterocycles. The number of rotatable bonds is 3. The van der Waals surface area contributed by atoms with Gasteiger partial charge in [-0.15, -0.1) is 0 Å². The molecule has 0 amide bonds. The van der Waals surface area contributed by atoms with Crippen LogP contribution in [0.5, 0.6) is 0 Å². The van der Waals surface area contributed by atoms with E-state index in [4.69, 9.17) is 0 Å². The second kappa shape index (κ2) is 4.82. The van der Waals surface area contributed by atoms with Crippen molar-refractivity contribution in [3.05, 3.63) is 11.4 Å². The molecule has 6 heteroatoms. The highest BCUT2D eigenvalue weighted by Gasteiger charge is 2.55. The fourth-order valence-electron chi connectivity index (χ4n) is 5.97. The molecule has 0 N–H and O–H groups in total. The summed E-state index contributed by atoms with van der Waals surface area (Å²) in [4.78, 5) is 0.415. The number of nitrogens with zero attached hydrogens (tertiary/aromatic N) is 3. The first kappa shape index (κ1) is 15.6. The Bertz CT molecular complexity index is 715. The molecule has 4 aliphatic rings. The summed E-state index contributed by atoms with van der Waals surface area (Å²) in [7, 11) is 0.133. The van der Waals surface area contributed by atoms with E-state index in [2.05, 4.69) is 5.10 Å². The average molecular weight is 337 g/mol. The third kappa shape index (κ3) is 2.14. The molecule has 0 aromatic carbocycles. The van der Waals surface area contributed by atoms with Crippen LogP contribution in [0.3, 0.4) is 0 Å². The Morgan fingerprint density at radius 2 is 1.57 bits per heavy atom. The third-order valence-corrected chi connectivity index (χ3v) is 8.95. The molecule has 4 fully saturated rings. The second-order valence-electron chi connectivity index (χ2n) is 8.24. The average Bonchev–Trinajstić information content (AvgIpc) is 2.70. The Morgan fingerprint density at radius 1 is 1.09 bits per heavy atom. The van der Waals surface area contributed by atoms with Gasteiger partial charge in [-0.3, -0.25) is 4.68 Å². The summed E-state index contributed by atoms with van der Waals surface area (Å²) < 4.78 is 30.2. The Balaban J connectivity index is 1.75. The SMILES string of the molecule is Cc1nn(C)c(C)c1S(=O)(=O)N(C)C12CC3CC(CC(C3)C1)C2. The number of aryl methyl sites for hydroxylation is 2. The van der Waals surface area contributed by atoms with Gasteiger partial charge in [0.2, 0.25) is 10.0 Å². The van der Waals surface area contributed by atoms with Gasteiger partial charge in [0.05, 0.1) is 11.4 Å². The number of hydrogen-bond donors (Lipinski definition) is 0. The highest BCUT2D eigenvalue weighted by molar-refractivity contribution is 7.89. The van der Waals surface area contributed by atoms with Gasteiger partial charge in [0.15, 0.2) is 0 Å². The van der Waals surface area contributed by atoms with Gasteiger partial charge in [-0.05, 0) is 70.1 Å². The lowest BCUT2D eigenvalue weighted by Crippen LogP contribution is -2.60. The summed E-state index contributed by atoms with van der Waals surface area (Å²) in [5.41, 5.74) is 1.20. The van der Waals surface area contributed by atoms with Crippen LogP contribution in [0, 0.1) is 31.6 Å². The van der Waals surface area contributed by atoms with Crippen LogP contribution in [0.1, 0.15) is 49.9 Å². The monoisotopic (exact) mass is 337 g/mol. The molecule has 1 aromatic rings. The lowest BCUT2D eigenvalue weighted by molar-refractivity contribution is -0.0496. The van der Waals surface area contributed by atoms with E-state index in [-0.39, 0.29) is 5.54 Å². The Kier molecular flexibility index (Phi) is 3.28. The predicted octanol–water partition coefficient (Wildman–Crippen LogP) is 2.63. The standard InChI is InChI=1S/C17H27N3O2S/c1-11-16(12(2)19(3)18-11)23(21,22)20(4)17-8-13-5-14(9-17)7-15(6-13)10-17/h13-15H,5-10H2,1-4H3. The first-order chi connectivity index (χ1) is 10.7. The van der Waals surface area contributed by atoms with Crippen molar-refractivity contribution in [2.75, 3.05) is 7.05 Å². The van der Waals surface area contributed by atoms with Crippen LogP contribution in [0.15, 0.2) is 4.90 Å². The topological polar surface area (TPSA) is 55.2 Å². The zero-order valence-corrected chi connectivity index (χ0v) is 15.4. The van der Waals surface area contributed by atoms with E-state index < -0.39 is 10.0 Å². The van der Waals surface area contributed by atoms with E-state index in [0.29, 0.717) is 10.6 Å². The first-order valence-electron chi connectivity index (χ1n) is 8.72. The van der Waals surface area contributed by atoms with Crippen molar-refractivity contribution in [2.24, 2.45) is 24.8 Å². The second-order valence-corrected chi connectivity index (χ2v) is 10.1. The molecule has 0 radical (unpaired) electrons. The minimum absolute atomic E-state index is 0.150. The minimum Gasteiger partial charge on any atom is -0.271 e. The summed E-state index contributed by atoms with van der Waals surface area (Å²) in [5.74, 6) is 2.19. The maximum Gasteiger partial charge on any atom is 0.246 e. The van der Waals surface area contributed by atoms with Gasteiger partial charge in [0.1, 0.15) is 4.90 Å². The molecule has 0 spiro atoms. The van der Waals surface area contributed by atoms with Crippen LogP contribution < -0.4 is 0 Å². The molecular weight excluding hydrogens is 310 g/mol. The van der Waals surface area contributed by atoms with Crippen molar-refractivity contribution >= 4 is 10.0 Å². The predicted molar refractivity (Wildman–Crippen MR) is 88.5 cm³/mol. The van der Waals surface area contributed by atoms with E-state index >= 15 is 0 Å². The van der Waals surface area contributed by atoms with Crippen LogP contribution in [0.4, 0.5) is 0 Å². The quantitative estimate of drug-likeness (QED) is 0.852. The fourth-order valence-corrected chi connectivity index (χ4v) is 7.90. The summed E-state index contributed by atoms with van der Waals surface area (Å²) in [5, 5.41) is 4.32. The normalized spacial score (nSPS) is 36.1. The molecule has 1 aromatic heterocycles. The number of aromatic nitrogens is 2. The molecule has 128 valence electrons. The third-order valence-electron chi connectivity index (χ3n) is 6.74. The largest absolute Gasteiger partial charge is 0.271 e. The number of sulfonamides is 1. The molecule has 23 heavy (non-hydrogen) atoms. The molecule has 5 nitrogen and oxygen atoms in total. The van der Waals surface area contributed by atoms with Gasteiger partial charge in [-0.1, -0.05) is 0 Å². The van der Waals surface area contributed by atoms with Gasteiger partial charge in [-0.2, -0.15) is 9.40 Å². The van der Waals surface area contributed by atoms with Crippen molar-refractivity contribution in [3.8, 4) is 0 Å². The van der Waals surface area contributed by atoms with Crippen LogP contribution in [-0.2, 0) is 17.1 Å². The minimum atomic E-state index is -3.49. The Morgan fingerprint density at radius 3 is 1.96 bits per heavy atom. The smallest absolute Gasteiger partial charge is 0.246 e. The van der Waals surface area contributed by atoms with Crippen LogP contribution in [0.25, 0.3) is 0 Å². The van der Waals surface area contributed by atoms with Gasteiger partial charge in [0, 0.05) is 19.6 Å². The zero-order valence-electron chi connectivity index (χ0n) is 14.5. The van der Waals surface area contributed by atoms with Crippen molar-refractivity contribution in [1.29, 1.82) is 0 Å². The van der Waals surface area contributed by atoms with Crippen molar-refractivity contribution in [1.82, 2.24) is 14.1 Å². The van der Waals surface area contributed by atoms with Crippen molar-refractivity contribution in [3.63, 3.8) is 0 Å². The van der Waals surface area contributed by atoms with E-state index in [9.17, 15) is 8.42 Å². The molecule has 4 aliphatic carbocycles. The van der Waals surface area contributed by atoms with Crippen LogP contribution in [-0.4, -0.2) is 35.1 Å². The molecule has 0 saturated heterocycles. The maximum atomic E-state index is 13.4. The van der Waals surface area contributed by atoms with Gasteiger partial charge in [0.25, 0.3) is 0 Å². The fraction of sp³-hybridized carbons (Fsp3) is 0.824. The molecule has 0 atom stereocenters. The van der Waals surface area contributed by atoms with Crippen LogP contribution in [0.2, 0.25) is 0 Å². The Hall–Kier alpha value is -0.880. The summed E-state index contributed by atoms with van der Waals surface area (Å²) >= 11 is 0. The summed E-state index contributed by atoms with van der Waals surface area (Å²) in [6.45, 7) is 3.65. The molecule has 4 bridgehead atoms. The molecule has 4 saturated carbocycles. The van der Waals surface area contributed by atoms with Gasteiger partial charge >= 0.3 is 0 Å². The first-order valence-corrected chi connectivity index (χ1v) is 10.2. The molecule has 0 aliphatic heterocycles. The molecular formula is C17H27N3O2S. The summed E-state index contributed by atoms with van der Waals surface area (Å²) in [6.07, 6.45) is 7.10. The van der Waals surface area contributed by atoms with E-state index in [1.54, 1.807) is 15.9 Å². The zero-order chi connectivity index (χ0) is 16.6. The lowest BCUT2D eigenvalue weighted by Gasteiger charge is -2.59. The van der Waals surface area contributed by atoms with Gasteiger partial charge < -0.3 is 0 Å². The molecule has 5 rings (SSSR count). The summed E-state index contributed by atoms with van der Waals surface area (Å²) in [6, 6.07) is 0. The molecule has 0 unspecified atom stereocenters. The maximum absolute atomic E-state index is 13.4. The van der Waals surface area contributed by atoms with E-state index in [1.165, 1.54) is 19.3 Å².